The van der Waals surface area contributed by atoms with E-state index in [1.54, 1.807) is 0 Å². The largest absolute Gasteiger partial charge is 0.379 e. The van der Waals surface area contributed by atoms with Crippen LogP contribution in [0.3, 0.4) is 0 Å². The third-order valence-corrected chi connectivity index (χ3v) is 1.70. The molecule has 0 aliphatic carbocycles. The molecule has 0 radical (unpaired) electrons. The number of rotatable bonds is 1. The Morgan fingerprint density at radius 2 is 2.00 bits per heavy atom. The Morgan fingerprint density at radius 1 is 1.50 bits per heavy atom. The molecule has 1 rings (SSSR count). The summed E-state index contributed by atoms with van der Waals surface area (Å²) in [5.74, 6) is 0. The van der Waals surface area contributed by atoms with Gasteiger partial charge in [-0.3, -0.25) is 0 Å². The van der Waals surface area contributed by atoms with Crippen LogP contribution in [0.2, 0.25) is 0 Å². The van der Waals surface area contributed by atoms with Crippen molar-refractivity contribution in [3.05, 3.63) is 11.8 Å². The molecule has 10 heavy (non-hydrogen) atoms. The summed E-state index contributed by atoms with van der Waals surface area (Å²) in [5, 5.41) is 3.27. The van der Waals surface area contributed by atoms with Gasteiger partial charge in [-0.1, -0.05) is 26.8 Å². The smallest absolute Gasteiger partial charge is 0.0626 e. The molecule has 1 heteroatoms. The van der Waals surface area contributed by atoms with Gasteiger partial charge in [0.25, 0.3) is 0 Å². The third-order valence-electron chi connectivity index (χ3n) is 1.70. The maximum absolute atomic E-state index is 3.27. The normalized spacial score (nSPS) is 28.4. The Kier molecular flexibility index (Phi) is 1.76. The summed E-state index contributed by atoms with van der Waals surface area (Å²) in [6, 6.07) is 0.655. The fourth-order valence-electron chi connectivity index (χ4n) is 0.860. The van der Waals surface area contributed by atoms with E-state index in [0.29, 0.717) is 11.5 Å². The highest BCUT2D eigenvalue weighted by Crippen LogP contribution is 2.23. The van der Waals surface area contributed by atoms with Gasteiger partial charge in [-0.05, 0) is 18.8 Å². The van der Waals surface area contributed by atoms with Gasteiger partial charge in [0.1, 0.15) is 0 Å². The van der Waals surface area contributed by atoms with Crippen molar-refractivity contribution in [2.24, 2.45) is 5.41 Å². The Hall–Kier alpha value is -0.460. The lowest BCUT2D eigenvalue weighted by Gasteiger charge is -2.13. The van der Waals surface area contributed by atoms with Gasteiger partial charge >= 0.3 is 0 Å². The summed E-state index contributed by atoms with van der Waals surface area (Å²) < 4.78 is 0. The van der Waals surface area contributed by atoms with Crippen molar-refractivity contribution in [2.75, 3.05) is 0 Å². The molecular weight excluding hydrogens is 122 g/mol. The summed E-state index contributed by atoms with van der Waals surface area (Å²) in [6.45, 7) is 8.97. The number of hydrogen-bond acceptors (Lipinski definition) is 1. The summed E-state index contributed by atoms with van der Waals surface area (Å²) in [5.41, 5.74) is 1.87. The molecule has 0 aromatic heterocycles. The molecule has 1 N–H and O–H groups in total. The van der Waals surface area contributed by atoms with Crippen LogP contribution in [-0.4, -0.2) is 6.04 Å². The van der Waals surface area contributed by atoms with Crippen LogP contribution in [0, 0.1) is 5.41 Å². The monoisotopic (exact) mass is 139 g/mol. The van der Waals surface area contributed by atoms with Crippen LogP contribution in [0.5, 0.6) is 0 Å². The Balaban J connectivity index is 2.29. The van der Waals surface area contributed by atoms with Crippen molar-refractivity contribution in [3.8, 4) is 0 Å². The highest BCUT2D eigenvalue weighted by atomic mass is 15.1. The molecule has 1 nitrogen and oxygen atoms in total. The first-order valence-corrected chi connectivity index (χ1v) is 3.96. The second-order valence-corrected chi connectivity index (χ2v) is 4.29. The lowest BCUT2D eigenvalue weighted by atomic mass is 9.92. The lowest BCUT2D eigenvalue weighted by Crippen LogP contribution is -2.01. The van der Waals surface area contributed by atoms with Gasteiger partial charge in [-0.15, -0.1) is 0 Å². The van der Waals surface area contributed by atoms with Crippen LogP contribution in [0.15, 0.2) is 11.8 Å². The first-order chi connectivity index (χ1) is 4.49. The maximum atomic E-state index is 3.27. The zero-order chi connectivity index (χ0) is 7.78. The molecule has 0 aromatic rings. The fourth-order valence-corrected chi connectivity index (χ4v) is 0.860. The molecule has 58 valence electrons. The molecule has 0 bridgehead atoms. The molecule has 1 aliphatic heterocycles. The first kappa shape index (κ1) is 7.64. The van der Waals surface area contributed by atoms with E-state index in [0.717, 1.165) is 0 Å². The van der Waals surface area contributed by atoms with Crippen LogP contribution in [0.1, 0.15) is 34.1 Å². The molecule has 1 fully saturated rings. The minimum absolute atomic E-state index is 0.441. The van der Waals surface area contributed by atoms with E-state index in [-0.39, 0.29) is 0 Å². The van der Waals surface area contributed by atoms with E-state index in [4.69, 9.17) is 0 Å². The predicted octanol–water partition coefficient (Wildman–Crippen LogP) is 2.30. The minimum Gasteiger partial charge on any atom is -0.379 e. The fraction of sp³-hybridized carbons (Fsp3) is 0.778. The summed E-state index contributed by atoms with van der Waals surface area (Å²) in [7, 11) is 0. The van der Waals surface area contributed by atoms with Gasteiger partial charge < -0.3 is 5.32 Å². The maximum Gasteiger partial charge on any atom is 0.0626 e. The SMILES string of the molecule is CC1N/C1=C/CC(C)(C)C. The van der Waals surface area contributed by atoms with Crippen LogP contribution in [-0.2, 0) is 0 Å². The second-order valence-electron chi connectivity index (χ2n) is 4.29. The van der Waals surface area contributed by atoms with E-state index in [1.807, 2.05) is 0 Å². The predicted molar refractivity (Wildman–Crippen MR) is 44.8 cm³/mol. The van der Waals surface area contributed by atoms with Gasteiger partial charge in [0, 0.05) is 5.70 Å². The molecule has 1 saturated heterocycles. The van der Waals surface area contributed by atoms with Gasteiger partial charge in [-0.2, -0.15) is 0 Å². The van der Waals surface area contributed by atoms with Crippen LogP contribution >= 0.6 is 0 Å². The third kappa shape index (κ3) is 2.42. The van der Waals surface area contributed by atoms with Gasteiger partial charge in [-0.25, -0.2) is 0 Å². The average molecular weight is 139 g/mol. The molecule has 1 heterocycles. The average Bonchev–Trinajstić information content (AvgIpc) is 2.40. The van der Waals surface area contributed by atoms with Crippen LogP contribution < -0.4 is 5.32 Å². The Labute approximate surface area is 63.5 Å². The molecule has 1 aliphatic rings. The topological polar surface area (TPSA) is 21.9 Å². The summed E-state index contributed by atoms with van der Waals surface area (Å²) in [6.07, 6.45) is 3.49. The first-order valence-electron chi connectivity index (χ1n) is 3.96. The molecular formula is C9H17N. The van der Waals surface area contributed by atoms with E-state index < -0.39 is 0 Å². The van der Waals surface area contributed by atoms with Gasteiger partial charge in [0.15, 0.2) is 0 Å². The summed E-state index contributed by atoms with van der Waals surface area (Å²) in [4.78, 5) is 0. The summed E-state index contributed by atoms with van der Waals surface area (Å²) >= 11 is 0. The highest BCUT2D eigenvalue weighted by Gasteiger charge is 2.22. The Bertz CT molecular complexity index is 151. The number of nitrogens with one attached hydrogen (secondary N) is 1. The molecule has 1 unspecified atom stereocenters. The van der Waals surface area contributed by atoms with Crippen LogP contribution in [0.25, 0.3) is 0 Å². The van der Waals surface area contributed by atoms with Crippen molar-refractivity contribution in [2.45, 2.75) is 40.2 Å². The quantitative estimate of drug-likeness (QED) is 0.553. The van der Waals surface area contributed by atoms with Crippen LogP contribution in [0.4, 0.5) is 0 Å². The molecule has 0 spiro atoms. The van der Waals surface area contributed by atoms with E-state index >= 15 is 0 Å². The Morgan fingerprint density at radius 3 is 2.30 bits per heavy atom. The molecule has 0 saturated carbocycles. The van der Waals surface area contributed by atoms with Crippen molar-refractivity contribution < 1.29 is 0 Å². The van der Waals surface area contributed by atoms with Crippen molar-refractivity contribution in [1.82, 2.24) is 5.32 Å². The van der Waals surface area contributed by atoms with E-state index in [2.05, 4.69) is 39.1 Å². The molecule has 0 amide bonds. The van der Waals surface area contributed by atoms with Crippen molar-refractivity contribution >= 4 is 0 Å². The minimum atomic E-state index is 0.441. The molecule has 1 atom stereocenters. The zero-order valence-electron chi connectivity index (χ0n) is 7.36. The lowest BCUT2D eigenvalue weighted by molar-refractivity contribution is 0.420. The molecule has 0 aromatic carbocycles. The van der Waals surface area contributed by atoms with E-state index in [1.165, 1.54) is 12.1 Å². The van der Waals surface area contributed by atoms with Crippen molar-refractivity contribution in [1.29, 1.82) is 0 Å². The highest BCUT2D eigenvalue weighted by molar-refractivity contribution is 5.23. The standard InChI is InChI=1S/C9H17N/c1-7-8(10-7)5-6-9(2,3)4/h5,7,10H,6H2,1-4H3/b8-5+. The number of hydrogen-bond donors (Lipinski definition) is 1. The second kappa shape index (κ2) is 2.30. The van der Waals surface area contributed by atoms with Gasteiger partial charge in [0.05, 0.1) is 6.04 Å². The number of allylic oxidation sites excluding steroid dienone is 1. The zero-order valence-corrected chi connectivity index (χ0v) is 7.36. The van der Waals surface area contributed by atoms with E-state index in [9.17, 15) is 0 Å². The van der Waals surface area contributed by atoms with Gasteiger partial charge in [0.2, 0.25) is 0 Å². The van der Waals surface area contributed by atoms with Crippen molar-refractivity contribution in [3.63, 3.8) is 0 Å².